The highest BCUT2D eigenvalue weighted by atomic mass is 16.6. The van der Waals surface area contributed by atoms with Crippen molar-refractivity contribution in [3.63, 3.8) is 0 Å². The largest absolute Gasteiger partial charge is 0.491 e. The quantitative estimate of drug-likeness (QED) is 0.390. The molecule has 7 heteroatoms. The molecule has 0 saturated heterocycles. The van der Waals surface area contributed by atoms with Crippen molar-refractivity contribution in [2.24, 2.45) is 5.16 Å². The third kappa shape index (κ3) is 5.99. The van der Waals surface area contributed by atoms with Gasteiger partial charge >= 0.3 is 6.09 Å². The maximum atomic E-state index is 11.5. The standard InChI is InChI=1S/C21H26N2O5/c1-15(2)28-19-11-9-17(10-12-19)16(3)22-27-13-18-7-5-6-8-20(18)23(14-26-4)21(24)25/h5-12,15H,13-14H2,1-4H3,(H,24,25). The Morgan fingerprint density at radius 2 is 1.82 bits per heavy atom. The molecule has 0 saturated carbocycles. The van der Waals surface area contributed by atoms with Crippen LogP contribution in [0.2, 0.25) is 0 Å². The summed E-state index contributed by atoms with van der Waals surface area (Å²) < 4.78 is 10.6. The van der Waals surface area contributed by atoms with Gasteiger partial charge in [-0.3, -0.25) is 4.90 Å². The number of hydrogen-bond acceptors (Lipinski definition) is 5. The van der Waals surface area contributed by atoms with Crippen molar-refractivity contribution in [2.45, 2.75) is 33.5 Å². The first-order valence-corrected chi connectivity index (χ1v) is 8.93. The Balaban J connectivity index is 2.07. The number of ether oxygens (including phenoxy) is 2. The Morgan fingerprint density at radius 3 is 2.43 bits per heavy atom. The number of anilines is 1. The van der Waals surface area contributed by atoms with Gasteiger partial charge in [-0.15, -0.1) is 0 Å². The average Bonchev–Trinajstić information content (AvgIpc) is 2.66. The lowest BCUT2D eigenvalue weighted by Gasteiger charge is -2.20. The molecule has 28 heavy (non-hydrogen) atoms. The van der Waals surface area contributed by atoms with Gasteiger partial charge in [0.15, 0.2) is 0 Å². The summed E-state index contributed by atoms with van der Waals surface area (Å²) in [4.78, 5) is 18.1. The molecule has 0 radical (unpaired) electrons. The highest BCUT2D eigenvalue weighted by Gasteiger charge is 2.17. The molecule has 0 bridgehead atoms. The molecule has 0 atom stereocenters. The van der Waals surface area contributed by atoms with Crippen molar-refractivity contribution in [1.29, 1.82) is 0 Å². The maximum Gasteiger partial charge on any atom is 0.413 e. The summed E-state index contributed by atoms with van der Waals surface area (Å²) >= 11 is 0. The van der Waals surface area contributed by atoms with E-state index in [1.54, 1.807) is 18.2 Å². The van der Waals surface area contributed by atoms with Crippen molar-refractivity contribution in [2.75, 3.05) is 18.7 Å². The highest BCUT2D eigenvalue weighted by Crippen LogP contribution is 2.22. The normalized spacial score (nSPS) is 11.4. The van der Waals surface area contributed by atoms with Gasteiger partial charge in [0.05, 0.1) is 17.5 Å². The topological polar surface area (TPSA) is 80.6 Å². The van der Waals surface area contributed by atoms with E-state index in [-0.39, 0.29) is 19.4 Å². The van der Waals surface area contributed by atoms with Gasteiger partial charge < -0.3 is 19.4 Å². The summed E-state index contributed by atoms with van der Waals surface area (Å²) in [5.74, 6) is 0.799. The van der Waals surface area contributed by atoms with Gasteiger partial charge in [-0.25, -0.2) is 4.79 Å². The third-order valence-corrected chi connectivity index (χ3v) is 3.84. The molecular formula is C21H26N2O5. The van der Waals surface area contributed by atoms with Gasteiger partial charge in [-0.1, -0.05) is 23.4 Å². The molecule has 1 amide bonds. The lowest BCUT2D eigenvalue weighted by molar-refractivity contribution is 0.130. The van der Waals surface area contributed by atoms with E-state index in [9.17, 15) is 9.90 Å². The molecule has 150 valence electrons. The van der Waals surface area contributed by atoms with Crippen LogP contribution >= 0.6 is 0 Å². The van der Waals surface area contributed by atoms with Crippen LogP contribution in [0.3, 0.4) is 0 Å². The van der Waals surface area contributed by atoms with Crippen LogP contribution in [-0.2, 0) is 16.2 Å². The summed E-state index contributed by atoms with van der Waals surface area (Å²) in [6.45, 7) is 5.86. The molecule has 0 aromatic heterocycles. The zero-order chi connectivity index (χ0) is 20.5. The molecule has 0 aliphatic rings. The SMILES string of the molecule is COCN(C(=O)O)c1ccccc1CON=C(C)c1ccc(OC(C)C)cc1. The average molecular weight is 386 g/mol. The first-order valence-electron chi connectivity index (χ1n) is 8.93. The van der Waals surface area contributed by atoms with Crippen LogP contribution in [0, 0.1) is 0 Å². The molecule has 0 aliphatic carbocycles. The Labute approximate surface area is 165 Å². The monoisotopic (exact) mass is 386 g/mol. The van der Waals surface area contributed by atoms with E-state index in [1.807, 2.05) is 51.1 Å². The number of hydrogen-bond donors (Lipinski definition) is 1. The summed E-state index contributed by atoms with van der Waals surface area (Å²) in [7, 11) is 1.44. The fourth-order valence-corrected chi connectivity index (χ4v) is 2.55. The Bertz CT molecular complexity index is 803. The minimum atomic E-state index is -1.10. The second-order valence-electron chi connectivity index (χ2n) is 6.40. The number of para-hydroxylation sites is 1. The summed E-state index contributed by atoms with van der Waals surface area (Å²) in [5, 5.41) is 13.5. The minimum absolute atomic E-state index is 0.0700. The highest BCUT2D eigenvalue weighted by molar-refractivity contribution is 5.98. The summed E-state index contributed by atoms with van der Waals surface area (Å²) in [6, 6.07) is 14.7. The van der Waals surface area contributed by atoms with Crippen LogP contribution in [0.1, 0.15) is 31.9 Å². The van der Waals surface area contributed by atoms with E-state index in [1.165, 1.54) is 7.11 Å². The molecular weight excluding hydrogens is 360 g/mol. The van der Waals surface area contributed by atoms with Crippen LogP contribution in [0.15, 0.2) is 53.7 Å². The fourth-order valence-electron chi connectivity index (χ4n) is 2.55. The molecule has 2 aromatic carbocycles. The molecule has 2 aromatic rings. The van der Waals surface area contributed by atoms with E-state index in [4.69, 9.17) is 14.3 Å². The smallest absolute Gasteiger partial charge is 0.413 e. The molecule has 0 unspecified atom stereocenters. The van der Waals surface area contributed by atoms with Gasteiger partial charge in [0.2, 0.25) is 0 Å². The molecule has 0 heterocycles. The van der Waals surface area contributed by atoms with Gasteiger partial charge in [0.1, 0.15) is 19.1 Å². The molecule has 0 aliphatic heterocycles. The molecule has 1 N–H and O–H groups in total. The number of carboxylic acid groups (broad SMARTS) is 1. The van der Waals surface area contributed by atoms with E-state index in [2.05, 4.69) is 5.16 Å². The number of carbonyl (C=O) groups is 1. The van der Waals surface area contributed by atoms with Gasteiger partial charge in [0, 0.05) is 12.7 Å². The van der Waals surface area contributed by atoms with E-state index in [0.29, 0.717) is 17.0 Å². The first kappa shape index (κ1) is 21.2. The van der Waals surface area contributed by atoms with Crippen molar-refractivity contribution >= 4 is 17.5 Å². The Morgan fingerprint density at radius 1 is 1.14 bits per heavy atom. The molecule has 0 fully saturated rings. The van der Waals surface area contributed by atoms with Crippen molar-refractivity contribution in [3.8, 4) is 5.75 Å². The number of benzene rings is 2. The number of nitrogens with zero attached hydrogens (tertiary/aromatic N) is 2. The minimum Gasteiger partial charge on any atom is -0.491 e. The maximum absolute atomic E-state index is 11.5. The van der Waals surface area contributed by atoms with E-state index in [0.717, 1.165) is 16.2 Å². The zero-order valence-electron chi connectivity index (χ0n) is 16.6. The van der Waals surface area contributed by atoms with Crippen LogP contribution in [0.5, 0.6) is 5.75 Å². The Kier molecular flexibility index (Phi) is 7.83. The lowest BCUT2D eigenvalue weighted by atomic mass is 10.1. The fraction of sp³-hybridized carbons (Fsp3) is 0.333. The van der Waals surface area contributed by atoms with Crippen LogP contribution in [-0.4, -0.2) is 36.9 Å². The van der Waals surface area contributed by atoms with Gasteiger partial charge in [-0.05, 0) is 56.7 Å². The predicted molar refractivity (Wildman–Crippen MR) is 108 cm³/mol. The van der Waals surface area contributed by atoms with Crippen molar-refractivity contribution in [3.05, 3.63) is 59.7 Å². The van der Waals surface area contributed by atoms with Crippen LogP contribution in [0.4, 0.5) is 10.5 Å². The lowest BCUT2D eigenvalue weighted by Crippen LogP contribution is -2.32. The van der Waals surface area contributed by atoms with Gasteiger partial charge in [-0.2, -0.15) is 0 Å². The molecule has 2 rings (SSSR count). The Hall–Kier alpha value is -3.06. The van der Waals surface area contributed by atoms with Crippen molar-refractivity contribution in [1.82, 2.24) is 0 Å². The zero-order valence-corrected chi connectivity index (χ0v) is 16.6. The summed E-state index contributed by atoms with van der Waals surface area (Å²) in [5.41, 5.74) is 2.82. The van der Waals surface area contributed by atoms with E-state index >= 15 is 0 Å². The number of oxime groups is 1. The van der Waals surface area contributed by atoms with E-state index < -0.39 is 6.09 Å². The van der Waals surface area contributed by atoms with Crippen molar-refractivity contribution < 1.29 is 24.2 Å². The summed E-state index contributed by atoms with van der Waals surface area (Å²) in [6.07, 6.45) is -0.981. The number of amides is 1. The second kappa shape index (κ2) is 10.3. The second-order valence-corrected chi connectivity index (χ2v) is 6.40. The van der Waals surface area contributed by atoms with Crippen LogP contribution in [0.25, 0.3) is 0 Å². The first-order chi connectivity index (χ1) is 13.4. The molecule has 0 spiro atoms. The number of rotatable bonds is 9. The van der Waals surface area contributed by atoms with Crippen LogP contribution < -0.4 is 9.64 Å². The predicted octanol–water partition coefficient (Wildman–Crippen LogP) is 4.50. The number of methoxy groups -OCH3 is 1. The molecule has 7 nitrogen and oxygen atoms in total. The third-order valence-electron chi connectivity index (χ3n) is 3.84. The van der Waals surface area contributed by atoms with Gasteiger partial charge in [0.25, 0.3) is 0 Å².